The minimum Gasteiger partial charge on any atom is -0.466 e. The van der Waals surface area contributed by atoms with Crippen molar-refractivity contribution in [1.29, 1.82) is 0 Å². The van der Waals surface area contributed by atoms with Crippen LogP contribution in [0, 0.1) is 5.92 Å². The van der Waals surface area contributed by atoms with Crippen molar-refractivity contribution in [2.75, 3.05) is 6.61 Å². The Morgan fingerprint density at radius 3 is 2.33 bits per heavy atom. The van der Waals surface area contributed by atoms with Gasteiger partial charge in [-0.15, -0.1) is 0 Å². The fourth-order valence-electron chi connectivity index (χ4n) is 0.870. The molecule has 1 radical (unpaired) electrons. The number of carbonyl (C=O) groups is 2. The van der Waals surface area contributed by atoms with E-state index in [4.69, 9.17) is 9.47 Å². The van der Waals surface area contributed by atoms with E-state index in [2.05, 4.69) is 0 Å². The summed E-state index contributed by atoms with van der Waals surface area (Å²) >= 11 is 0. The van der Waals surface area contributed by atoms with Crippen molar-refractivity contribution in [3.05, 3.63) is 5.92 Å². The third-order valence-corrected chi connectivity index (χ3v) is 1.57. The molecule has 87 valence electrons. The van der Waals surface area contributed by atoms with Gasteiger partial charge in [-0.05, 0) is 27.2 Å². The van der Waals surface area contributed by atoms with Crippen LogP contribution in [-0.4, -0.2) is 24.6 Å². The van der Waals surface area contributed by atoms with Crippen molar-refractivity contribution >= 4 is 11.9 Å². The van der Waals surface area contributed by atoms with Gasteiger partial charge in [0.25, 0.3) is 0 Å². The van der Waals surface area contributed by atoms with Crippen LogP contribution in [0.2, 0.25) is 0 Å². The van der Waals surface area contributed by atoms with Crippen molar-refractivity contribution in [2.45, 2.75) is 46.6 Å². The van der Waals surface area contributed by atoms with E-state index in [9.17, 15) is 9.59 Å². The van der Waals surface area contributed by atoms with Gasteiger partial charge in [0.1, 0.15) is 0 Å². The molecule has 4 heteroatoms. The van der Waals surface area contributed by atoms with Gasteiger partial charge >= 0.3 is 11.9 Å². The number of esters is 2. The van der Waals surface area contributed by atoms with Gasteiger partial charge in [-0.3, -0.25) is 9.59 Å². The average molecular weight is 215 g/mol. The molecule has 0 heterocycles. The van der Waals surface area contributed by atoms with Crippen LogP contribution in [-0.2, 0) is 19.1 Å². The van der Waals surface area contributed by atoms with Crippen molar-refractivity contribution in [3.8, 4) is 0 Å². The van der Waals surface area contributed by atoms with Crippen molar-refractivity contribution in [1.82, 2.24) is 0 Å². The van der Waals surface area contributed by atoms with Crippen LogP contribution < -0.4 is 0 Å². The zero-order chi connectivity index (χ0) is 11.8. The van der Waals surface area contributed by atoms with Gasteiger partial charge in [0.05, 0.1) is 25.0 Å². The number of rotatable bonds is 6. The molecule has 0 saturated heterocycles. The third kappa shape index (κ3) is 6.94. The second-order valence-corrected chi connectivity index (χ2v) is 3.63. The highest BCUT2D eigenvalue weighted by Gasteiger charge is 2.20. The summed E-state index contributed by atoms with van der Waals surface area (Å²) in [6.07, 6.45) is 0.617. The topological polar surface area (TPSA) is 52.6 Å². The first-order chi connectivity index (χ1) is 6.97. The molecule has 0 aromatic carbocycles. The lowest BCUT2D eigenvalue weighted by atomic mass is 10.1. The summed E-state index contributed by atoms with van der Waals surface area (Å²) < 4.78 is 9.78. The van der Waals surface area contributed by atoms with E-state index in [0.717, 1.165) is 6.42 Å². The fraction of sp³-hybridized carbons (Fsp3) is 0.727. The molecule has 0 aliphatic rings. The van der Waals surface area contributed by atoms with Crippen molar-refractivity contribution in [2.24, 2.45) is 0 Å². The molecular weight excluding hydrogens is 196 g/mol. The maximum atomic E-state index is 11.3. The zero-order valence-electron chi connectivity index (χ0n) is 9.83. The second-order valence-electron chi connectivity index (χ2n) is 3.63. The fourth-order valence-corrected chi connectivity index (χ4v) is 0.870. The standard InChI is InChI=1S/C11H19O4/c1-5-6-14-10(12)7-9(4)11(13)15-8(2)3/h8H,5-7H2,1-4H3. The maximum Gasteiger partial charge on any atom is 0.313 e. The Kier molecular flexibility index (Phi) is 6.75. The first-order valence-electron chi connectivity index (χ1n) is 5.16. The SMILES string of the molecule is CCCOC(=O)C[C](C)C(=O)OC(C)C. The molecule has 0 atom stereocenters. The quantitative estimate of drug-likeness (QED) is 0.635. The van der Waals surface area contributed by atoms with Crippen molar-refractivity contribution in [3.63, 3.8) is 0 Å². The smallest absolute Gasteiger partial charge is 0.313 e. The van der Waals surface area contributed by atoms with Crippen LogP contribution in [0.15, 0.2) is 0 Å². The largest absolute Gasteiger partial charge is 0.466 e. The Bertz CT molecular complexity index is 211. The third-order valence-electron chi connectivity index (χ3n) is 1.57. The highest BCUT2D eigenvalue weighted by atomic mass is 16.5. The summed E-state index contributed by atoms with van der Waals surface area (Å²) in [6, 6.07) is 0. The molecule has 0 N–H and O–H groups in total. The highest BCUT2D eigenvalue weighted by molar-refractivity contribution is 5.89. The molecular formula is C11H19O4. The first-order valence-corrected chi connectivity index (χ1v) is 5.16. The van der Waals surface area contributed by atoms with Crippen LogP contribution >= 0.6 is 0 Å². The number of ether oxygens (including phenoxy) is 2. The van der Waals surface area contributed by atoms with E-state index in [1.165, 1.54) is 0 Å². The summed E-state index contributed by atoms with van der Waals surface area (Å²) in [5.74, 6) is -0.432. The summed E-state index contributed by atoms with van der Waals surface area (Å²) in [4.78, 5) is 22.4. The molecule has 0 aromatic rings. The van der Waals surface area contributed by atoms with E-state index in [1.807, 2.05) is 6.92 Å². The molecule has 0 spiro atoms. The molecule has 0 amide bonds. The van der Waals surface area contributed by atoms with Crippen molar-refractivity contribution < 1.29 is 19.1 Å². The lowest BCUT2D eigenvalue weighted by molar-refractivity contribution is -0.150. The predicted molar refractivity (Wildman–Crippen MR) is 56.0 cm³/mol. The summed E-state index contributed by atoms with van der Waals surface area (Å²) in [7, 11) is 0. The van der Waals surface area contributed by atoms with Gasteiger partial charge in [-0.1, -0.05) is 6.92 Å². The molecule has 4 nitrogen and oxygen atoms in total. The lowest BCUT2D eigenvalue weighted by Crippen LogP contribution is -2.20. The Morgan fingerprint density at radius 1 is 1.27 bits per heavy atom. The Labute approximate surface area is 90.9 Å². The van der Waals surface area contributed by atoms with E-state index < -0.39 is 5.97 Å². The Balaban J connectivity index is 3.85. The average Bonchev–Trinajstić information content (AvgIpc) is 2.13. The monoisotopic (exact) mass is 215 g/mol. The van der Waals surface area contributed by atoms with E-state index >= 15 is 0 Å². The summed E-state index contributed by atoms with van der Waals surface area (Å²) in [5, 5.41) is 0. The van der Waals surface area contributed by atoms with E-state index in [0.29, 0.717) is 12.5 Å². The van der Waals surface area contributed by atoms with E-state index in [-0.39, 0.29) is 18.5 Å². The number of hydrogen-bond acceptors (Lipinski definition) is 4. The van der Waals surface area contributed by atoms with Crippen LogP contribution in [0.1, 0.15) is 40.5 Å². The minimum absolute atomic E-state index is 0.00551. The molecule has 0 bridgehead atoms. The van der Waals surface area contributed by atoms with Gasteiger partial charge in [-0.25, -0.2) is 0 Å². The van der Waals surface area contributed by atoms with Gasteiger partial charge < -0.3 is 9.47 Å². The predicted octanol–water partition coefficient (Wildman–Crippen LogP) is 1.88. The molecule has 0 unspecified atom stereocenters. The molecule has 0 saturated carbocycles. The molecule has 0 aromatic heterocycles. The highest BCUT2D eigenvalue weighted by Crippen LogP contribution is 2.10. The zero-order valence-corrected chi connectivity index (χ0v) is 9.83. The molecule has 15 heavy (non-hydrogen) atoms. The number of hydrogen-bond donors (Lipinski definition) is 0. The lowest BCUT2D eigenvalue weighted by Gasteiger charge is -2.12. The normalized spacial score (nSPS) is 10.5. The van der Waals surface area contributed by atoms with Crippen LogP contribution in [0.4, 0.5) is 0 Å². The molecule has 0 fully saturated rings. The van der Waals surface area contributed by atoms with Gasteiger partial charge in [-0.2, -0.15) is 0 Å². The molecule has 0 aliphatic heterocycles. The molecule has 0 rings (SSSR count). The minimum atomic E-state index is -0.432. The molecule has 0 aliphatic carbocycles. The van der Waals surface area contributed by atoms with E-state index in [1.54, 1.807) is 20.8 Å². The Morgan fingerprint density at radius 2 is 1.87 bits per heavy atom. The maximum absolute atomic E-state index is 11.3. The second kappa shape index (κ2) is 7.26. The van der Waals surface area contributed by atoms with Gasteiger partial charge in [0.15, 0.2) is 0 Å². The van der Waals surface area contributed by atoms with Gasteiger partial charge in [0, 0.05) is 0 Å². The Hall–Kier alpha value is -1.06. The summed E-state index contributed by atoms with van der Waals surface area (Å²) in [5.41, 5.74) is 0. The first kappa shape index (κ1) is 13.9. The van der Waals surface area contributed by atoms with Crippen LogP contribution in [0.25, 0.3) is 0 Å². The number of carbonyl (C=O) groups excluding carboxylic acids is 2. The summed E-state index contributed by atoms with van der Waals surface area (Å²) in [6.45, 7) is 7.42. The van der Waals surface area contributed by atoms with Crippen LogP contribution in [0.3, 0.4) is 0 Å². The van der Waals surface area contributed by atoms with Crippen LogP contribution in [0.5, 0.6) is 0 Å². The van der Waals surface area contributed by atoms with Gasteiger partial charge in [0.2, 0.25) is 0 Å².